The first kappa shape index (κ1) is 23.3. The van der Waals surface area contributed by atoms with E-state index in [4.69, 9.17) is 10.9 Å². The number of hydrogen-bond acceptors (Lipinski definition) is 7. The molecule has 2 atom stereocenters. The van der Waals surface area contributed by atoms with Crippen molar-refractivity contribution in [2.75, 3.05) is 24.6 Å². The molecule has 2 aliphatic heterocycles. The fourth-order valence-corrected chi connectivity index (χ4v) is 6.72. The van der Waals surface area contributed by atoms with Crippen LogP contribution in [0.3, 0.4) is 0 Å². The smallest absolute Gasteiger partial charge is 0.243 e. The normalized spacial score (nSPS) is 21.9. The molecule has 0 saturated carbocycles. The molecule has 2 heterocycles. The van der Waals surface area contributed by atoms with Gasteiger partial charge in [0, 0.05) is 37.4 Å². The lowest BCUT2D eigenvalue weighted by atomic mass is 10.0. The molecule has 0 unspecified atom stereocenters. The zero-order chi connectivity index (χ0) is 20.7. The van der Waals surface area contributed by atoms with Crippen LogP contribution in [-0.2, 0) is 14.4 Å². The Hall–Kier alpha value is -0.970. The van der Waals surface area contributed by atoms with E-state index in [1.807, 2.05) is 37.4 Å². The second kappa shape index (κ2) is 10.7. The third-order valence-electron chi connectivity index (χ3n) is 5.20. The lowest BCUT2D eigenvalue weighted by Gasteiger charge is -2.28. The first-order chi connectivity index (χ1) is 13.3. The third kappa shape index (κ3) is 6.01. The number of unbranched alkanes of at least 4 members (excludes halogenated alkanes) is 2. The molecule has 8 nitrogen and oxygen atoms in total. The molecule has 2 rings (SSSR count). The number of nitrogens with one attached hydrogen (secondary N) is 2. The predicted octanol–water partition coefficient (Wildman–Crippen LogP) is 0.929. The number of thioether (sulfide) groups is 2. The van der Waals surface area contributed by atoms with Crippen LogP contribution in [0.25, 0.3) is 0 Å². The number of amides is 3. The summed E-state index contributed by atoms with van der Waals surface area (Å²) in [5, 5.41) is 11.4. The number of rotatable bonds is 9. The van der Waals surface area contributed by atoms with E-state index in [0.717, 1.165) is 24.3 Å². The Kier molecular flexibility index (Phi) is 8.91. The quantitative estimate of drug-likeness (QED) is 0.243. The molecule has 3 amide bonds. The number of hydroxylamine groups is 1. The Bertz CT molecular complexity index is 570. The van der Waals surface area contributed by atoms with Crippen LogP contribution in [0.1, 0.15) is 46.0 Å². The van der Waals surface area contributed by atoms with E-state index in [9.17, 15) is 14.4 Å². The average molecular weight is 433 g/mol. The van der Waals surface area contributed by atoms with Gasteiger partial charge in [-0.05, 0) is 18.8 Å². The highest BCUT2D eigenvalue weighted by atomic mass is 32.2. The molecule has 0 aromatic rings. The summed E-state index contributed by atoms with van der Waals surface area (Å²) in [5.41, 5.74) is 7.70. The van der Waals surface area contributed by atoms with Crippen molar-refractivity contribution in [3.8, 4) is 0 Å². The van der Waals surface area contributed by atoms with Gasteiger partial charge in [0.2, 0.25) is 17.7 Å². The highest BCUT2D eigenvalue weighted by molar-refractivity contribution is 8.21. The lowest BCUT2D eigenvalue weighted by Crippen LogP contribution is -2.52. The Morgan fingerprint density at radius 3 is 2.50 bits per heavy atom. The van der Waals surface area contributed by atoms with E-state index in [0.29, 0.717) is 25.9 Å². The maximum atomic E-state index is 12.9. The fraction of sp³-hybridized carbons (Fsp3) is 0.833. The van der Waals surface area contributed by atoms with E-state index < -0.39 is 18.0 Å². The van der Waals surface area contributed by atoms with E-state index in [-0.39, 0.29) is 28.2 Å². The maximum absolute atomic E-state index is 12.9. The largest absolute Gasteiger partial charge is 0.354 e. The fourth-order valence-electron chi connectivity index (χ4n) is 3.46. The van der Waals surface area contributed by atoms with Gasteiger partial charge >= 0.3 is 0 Å². The monoisotopic (exact) mass is 432 g/mol. The van der Waals surface area contributed by atoms with Gasteiger partial charge in [0.15, 0.2) is 0 Å². The number of hydrogen-bond donors (Lipinski definition) is 4. The molecule has 2 aliphatic rings. The van der Waals surface area contributed by atoms with E-state index >= 15 is 0 Å². The van der Waals surface area contributed by atoms with Crippen molar-refractivity contribution in [3.63, 3.8) is 0 Å². The molecule has 0 bridgehead atoms. The van der Waals surface area contributed by atoms with E-state index in [1.54, 1.807) is 10.4 Å². The standard InChI is InChI=1S/C18H32N4O4S2/c1-12(2)15(19)17(25)22-11-18(27-8-9-28-18)10-13(22)16(24)20-7-5-3-4-6-14(23)21-26/h12-13,15,26H,3-11,19H2,1-2H3,(H,20,24)(H,21,23)/t13-,15-/m0/s1. The summed E-state index contributed by atoms with van der Waals surface area (Å²) >= 11 is 3.69. The zero-order valence-electron chi connectivity index (χ0n) is 16.6. The molecule has 5 N–H and O–H groups in total. The van der Waals surface area contributed by atoms with Crippen LogP contribution in [-0.4, -0.2) is 68.6 Å². The van der Waals surface area contributed by atoms with Crippen molar-refractivity contribution in [1.29, 1.82) is 0 Å². The van der Waals surface area contributed by atoms with Gasteiger partial charge in [-0.1, -0.05) is 20.3 Å². The van der Waals surface area contributed by atoms with Gasteiger partial charge in [-0.3, -0.25) is 19.6 Å². The van der Waals surface area contributed by atoms with Gasteiger partial charge in [0.25, 0.3) is 0 Å². The average Bonchev–Trinajstić information content (AvgIpc) is 3.30. The number of nitrogens with zero attached hydrogens (tertiary/aromatic N) is 1. The van der Waals surface area contributed by atoms with Crippen LogP contribution in [0.4, 0.5) is 0 Å². The molecule has 0 aliphatic carbocycles. The minimum atomic E-state index is -0.598. The van der Waals surface area contributed by atoms with Crippen molar-refractivity contribution in [1.82, 2.24) is 15.7 Å². The molecule has 28 heavy (non-hydrogen) atoms. The zero-order valence-corrected chi connectivity index (χ0v) is 18.2. The van der Waals surface area contributed by atoms with Gasteiger partial charge in [-0.15, -0.1) is 23.5 Å². The van der Waals surface area contributed by atoms with Crippen LogP contribution in [0.15, 0.2) is 0 Å². The Labute approximate surface area is 175 Å². The summed E-state index contributed by atoms with van der Waals surface area (Å²) < 4.78 is -0.0912. The van der Waals surface area contributed by atoms with Gasteiger partial charge in [-0.2, -0.15) is 0 Å². The molecular weight excluding hydrogens is 400 g/mol. The number of carbonyl (C=O) groups excluding carboxylic acids is 3. The van der Waals surface area contributed by atoms with Crippen LogP contribution in [0.2, 0.25) is 0 Å². The number of nitrogens with two attached hydrogens (primary N) is 1. The molecule has 0 radical (unpaired) electrons. The van der Waals surface area contributed by atoms with Gasteiger partial charge in [0.05, 0.1) is 10.1 Å². The predicted molar refractivity (Wildman–Crippen MR) is 112 cm³/mol. The molecule has 10 heteroatoms. The second-order valence-corrected chi connectivity index (χ2v) is 10.9. The summed E-state index contributed by atoms with van der Waals surface area (Å²) in [5.74, 6) is 1.44. The summed E-state index contributed by atoms with van der Waals surface area (Å²) in [6.07, 6.45) is 3.08. The lowest BCUT2D eigenvalue weighted by molar-refractivity contribution is -0.140. The summed E-state index contributed by atoms with van der Waals surface area (Å²) in [4.78, 5) is 38.4. The highest BCUT2D eigenvalue weighted by Gasteiger charge is 2.51. The van der Waals surface area contributed by atoms with Crippen LogP contribution < -0.4 is 16.5 Å². The van der Waals surface area contributed by atoms with Crippen LogP contribution in [0, 0.1) is 5.92 Å². The first-order valence-corrected chi connectivity index (χ1v) is 11.8. The first-order valence-electron chi connectivity index (χ1n) is 9.84. The Morgan fingerprint density at radius 2 is 1.89 bits per heavy atom. The summed E-state index contributed by atoms with van der Waals surface area (Å²) in [6, 6.07) is -1.07. The van der Waals surface area contributed by atoms with Gasteiger partial charge in [-0.25, -0.2) is 5.48 Å². The van der Waals surface area contributed by atoms with Crippen molar-refractivity contribution < 1.29 is 19.6 Å². The molecule has 0 aromatic heterocycles. The third-order valence-corrected chi connectivity index (χ3v) is 8.62. The molecule has 1 spiro atoms. The van der Waals surface area contributed by atoms with Gasteiger partial charge < -0.3 is 16.0 Å². The SMILES string of the molecule is CC(C)[C@H](N)C(=O)N1CC2(C[C@H]1C(=O)NCCCCCC(=O)NO)SCCS2. The minimum absolute atomic E-state index is 0.0211. The summed E-state index contributed by atoms with van der Waals surface area (Å²) in [6.45, 7) is 4.90. The van der Waals surface area contributed by atoms with Crippen LogP contribution in [0.5, 0.6) is 0 Å². The number of likely N-dealkylation sites (tertiary alicyclic amines) is 1. The van der Waals surface area contributed by atoms with E-state index in [1.165, 1.54) is 0 Å². The molecular formula is C18H32N4O4S2. The van der Waals surface area contributed by atoms with Crippen molar-refractivity contribution in [2.45, 2.75) is 62.1 Å². The second-order valence-electron chi connectivity index (χ2n) is 7.70. The summed E-state index contributed by atoms with van der Waals surface area (Å²) in [7, 11) is 0. The van der Waals surface area contributed by atoms with Crippen molar-refractivity contribution in [2.24, 2.45) is 11.7 Å². The Morgan fingerprint density at radius 1 is 1.21 bits per heavy atom. The molecule has 0 aromatic carbocycles. The van der Waals surface area contributed by atoms with Crippen molar-refractivity contribution in [3.05, 3.63) is 0 Å². The Balaban J connectivity index is 1.89. The molecule has 2 saturated heterocycles. The van der Waals surface area contributed by atoms with Crippen molar-refractivity contribution >= 4 is 41.2 Å². The van der Waals surface area contributed by atoms with Crippen LogP contribution >= 0.6 is 23.5 Å². The topological polar surface area (TPSA) is 125 Å². The highest BCUT2D eigenvalue weighted by Crippen LogP contribution is 2.51. The minimum Gasteiger partial charge on any atom is -0.354 e. The number of carbonyl (C=O) groups is 3. The van der Waals surface area contributed by atoms with E-state index in [2.05, 4.69) is 5.32 Å². The van der Waals surface area contributed by atoms with Gasteiger partial charge in [0.1, 0.15) is 6.04 Å². The maximum Gasteiger partial charge on any atom is 0.243 e. The molecule has 160 valence electrons. The molecule has 2 fully saturated rings.